The van der Waals surface area contributed by atoms with Crippen LogP contribution in [0.1, 0.15) is 18.1 Å². The molecule has 2 aromatic rings. The molecule has 0 saturated heterocycles. The van der Waals surface area contributed by atoms with Gasteiger partial charge in [0.05, 0.1) is 24.9 Å². The Morgan fingerprint density at radius 2 is 1.75 bits per heavy atom. The van der Waals surface area contributed by atoms with Crippen molar-refractivity contribution in [3.63, 3.8) is 0 Å². The first-order valence-electron chi connectivity index (χ1n) is 9.38. The molecule has 0 bridgehead atoms. The number of urea groups is 1. The van der Waals surface area contributed by atoms with Crippen LogP contribution in [0.3, 0.4) is 0 Å². The summed E-state index contributed by atoms with van der Waals surface area (Å²) in [5, 5.41) is 8.54. The number of likely N-dealkylation sites (N-methyl/N-ethyl adjacent to an activating group) is 1. The Balaban J connectivity index is 1.88. The highest BCUT2D eigenvalue weighted by atomic mass is 35.5. The molecular formula is C21H20ClF3N4O3. The van der Waals surface area contributed by atoms with Crippen LogP contribution >= 0.6 is 11.6 Å². The quantitative estimate of drug-likeness (QED) is 0.683. The molecule has 1 aliphatic rings. The van der Waals surface area contributed by atoms with E-state index in [0.29, 0.717) is 16.3 Å². The summed E-state index contributed by atoms with van der Waals surface area (Å²) in [6.07, 6.45) is -5.10. The Kier molecular flexibility index (Phi) is 6.36. The number of hydrazone groups is 1. The maximum atomic E-state index is 12.8. The number of hydrogen-bond acceptors (Lipinski definition) is 4. The van der Waals surface area contributed by atoms with Crippen molar-refractivity contribution in [2.75, 3.05) is 26.0 Å². The van der Waals surface area contributed by atoms with E-state index >= 15 is 0 Å². The third-order valence-corrected chi connectivity index (χ3v) is 5.44. The number of rotatable bonds is 3. The first-order valence-corrected chi connectivity index (χ1v) is 9.76. The Hall–Kier alpha value is -3.27. The number of benzene rings is 2. The van der Waals surface area contributed by atoms with Gasteiger partial charge < -0.3 is 10.1 Å². The standard InChI is InChI=1S/C21H20ClF3N4O3/c1-20(28(2)19(31)32-3)12-29(27-17(20)13-4-8-15(22)9-5-13)18(30)26-16-10-6-14(7-11-16)21(23,24)25/h4-11H,12H2,1-3H3,(H,26,30). The maximum Gasteiger partial charge on any atom is 0.416 e. The van der Waals surface area contributed by atoms with Crippen LogP contribution < -0.4 is 5.32 Å². The lowest BCUT2D eigenvalue weighted by atomic mass is 9.90. The molecule has 0 fully saturated rings. The normalized spacial score (nSPS) is 18.2. The van der Waals surface area contributed by atoms with E-state index in [1.807, 2.05) is 0 Å². The molecule has 0 spiro atoms. The molecule has 7 nitrogen and oxygen atoms in total. The molecule has 1 atom stereocenters. The number of methoxy groups -OCH3 is 1. The molecule has 3 amide bonds. The van der Waals surface area contributed by atoms with Crippen molar-refractivity contribution in [2.24, 2.45) is 5.10 Å². The number of ether oxygens (including phenoxy) is 1. The van der Waals surface area contributed by atoms with Gasteiger partial charge in [-0.1, -0.05) is 23.7 Å². The number of nitrogens with zero attached hydrogens (tertiary/aromatic N) is 3. The average molecular weight is 469 g/mol. The maximum absolute atomic E-state index is 12.8. The van der Waals surface area contributed by atoms with E-state index in [9.17, 15) is 22.8 Å². The zero-order valence-electron chi connectivity index (χ0n) is 17.4. The van der Waals surface area contributed by atoms with E-state index in [0.717, 1.165) is 29.3 Å². The van der Waals surface area contributed by atoms with Crippen LogP contribution in [-0.2, 0) is 10.9 Å². The molecular weight excluding hydrogens is 449 g/mol. The number of carbonyl (C=O) groups excluding carboxylic acids is 2. The third-order valence-electron chi connectivity index (χ3n) is 5.19. The lowest BCUT2D eigenvalue weighted by molar-refractivity contribution is -0.137. The monoisotopic (exact) mass is 468 g/mol. The summed E-state index contributed by atoms with van der Waals surface area (Å²) >= 11 is 5.96. The second-order valence-electron chi connectivity index (χ2n) is 7.32. The van der Waals surface area contributed by atoms with Crippen molar-refractivity contribution in [3.8, 4) is 0 Å². The van der Waals surface area contributed by atoms with E-state index in [2.05, 4.69) is 10.4 Å². The van der Waals surface area contributed by atoms with Crippen LogP contribution in [0.15, 0.2) is 53.6 Å². The van der Waals surface area contributed by atoms with Gasteiger partial charge >= 0.3 is 18.3 Å². The van der Waals surface area contributed by atoms with Gasteiger partial charge in [-0.05, 0) is 43.3 Å². The number of nitrogens with one attached hydrogen (secondary N) is 1. The van der Waals surface area contributed by atoms with Crippen molar-refractivity contribution >= 4 is 35.1 Å². The second kappa shape index (κ2) is 8.70. The minimum absolute atomic E-state index is 0.0109. The number of anilines is 1. The Morgan fingerprint density at radius 3 is 2.28 bits per heavy atom. The van der Waals surface area contributed by atoms with Crippen LogP contribution in [0, 0.1) is 0 Å². The van der Waals surface area contributed by atoms with Crippen molar-refractivity contribution < 1.29 is 27.5 Å². The van der Waals surface area contributed by atoms with E-state index in [-0.39, 0.29) is 12.2 Å². The lowest BCUT2D eigenvalue weighted by Gasteiger charge is -2.35. The van der Waals surface area contributed by atoms with Crippen LogP contribution in [0.4, 0.5) is 28.4 Å². The first-order chi connectivity index (χ1) is 15.0. The molecule has 11 heteroatoms. The molecule has 0 aromatic heterocycles. The van der Waals surface area contributed by atoms with Crippen LogP contribution in [0.25, 0.3) is 0 Å². The molecule has 1 aliphatic heterocycles. The average Bonchev–Trinajstić information content (AvgIpc) is 3.11. The molecule has 3 rings (SSSR count). The van der Waals surface area contributed by atoms with Gasteiger partial charge in [0, 0.05) is 23.3 Å². The van der Waals surface area contributed by atoms with Gasteiger partial charge in [-0.2, -0.15) is 18.3 Å². The number of hydrogen-bond donors (Lipinski definition) is 1. The second-order valence-corrected chi connectivity index (χ2v) is 7.76. The summed E-state index contributed by atoms with van der Waals surface area (Å²) in [6.45, 7) is 1.71. The fourth-order valence-electron chi connectivity index (χ4n) is 3.26. The third kappa shape index (κ3) is 4.64. The summed E-state index contributed by atoms with van der Waals surface area (Å²) in [6, 6.07) is 10.1. The zero-order chi connectivity index (χ0) is 23.7. The minimum Gasteiger partial charge on any atom is -0.453 e. The van der Waals surface area contributed by atoms with Gasteiger partial charge in [0.25, 0.3) is 0 Å². The van der Waals surface area contributed by atoms with E-state index in [4.69, 9.17) is 16.3 Å². The molecule has 0 saturated carbocycles. The zero-order valence-corrected chi connectivity index (χ0v) is 18.2. The van der Waals surface area contributed by atoms with Gasteiger partial charge in [0.2, 0.25) is 0 Å². The van der Waals surface area contributed by atoms with Gasteiger partial charge in [0.15, 0.2) is 0 Å². The summed E-state index contributed by atoms with van der Waals surface area (Å²) in [5.41, 5.74) is -0.645. The number of alkyl halides is 3. The lowest BCUT2D eigenvalue weighted by Crippen LogP contribution is -2.55. The van der Waals surface area contributed by atoms with Crippen LogP contribution in [-0.4, -0.2) is 54.0 Å². The highest BCUT2D eigenvalue weighted by Crippen LogP contribution is 2.31. The topological polar surface area (TPSA) is 74.2 Å². The molecule has 32 heavy (non-hydrogen) atoms. The first kappa shape index (κ1) is 23.4. The molecule has 1 unspecified atom stereocenters. The highest BCUT2D eigenvalue weighted by molar-refractivity contribution is 6.30. The van der Waals surface area contributed by atoms with E-state index in [1.165, 1.54) is 19.1 Å². The van der Waals surface area contributed by atoms with Gasteiger partial charge in [-0.25, -0.2) is 14.6 Å². The summed E-state index contributed by atoms with van der Waals surface area (Å²) < 4.78 is 43.1. The van der Waals surface area contributed by atoms with Crippen molar-refractivity contribution in [1.29, 1.82) is 0 Å². The van der Waals surface area contributed by atoms with E-state index in [1.54, 1.807) is 31.2 Å². The van der Waals surface area contributed by atoms with Crippen molar-refractivity contribution in [1.82, 2.24) is 9.91 Å². The number of amides is 3. The van der Waals surface area contributed by atoms with Gasteiger partial charge in [0.1, 0.15) is 5.54 Å². The molecule has 1 N–H and O–H groups in total. The predicted octanol–water partition coefficient (Wildman–Crippen LogP) is 5.07. The van der Waals surface area contributed by atoms with Gasteiger partial charge in [-0.3, -0.25) is 4.90 Å². The van der Waals surface area contributed by atoms with Crippen molar-refractivity contribution in [2.45, 2.75) is 18.6 Å². The number of carbonyl (C=O) groups is 2. The molecule has 2 aromatic carbocycles. The largest absolute Gasteiger partial charge is 0.453 e. The molecule has 1 heterocycles. The fourth-order valence-corrected chi connectivity index (χ4v) is 3.38. The molecule has 0 aliphatic carbocycles. The van der Waals surface area contributed by atoms with Gasteiger partial charge in [-0.15, -0.1) is 0 Å². The van der Waals surface area contributed by atoms with E-state index < -0.39 is 29.4 Å². The summed E-state index contributed by atoms with van der Waals surface area (Å²) in [7, 11) is 2.76. The fraction of sp³-hybridized carbons (Fsp3) is 0.286. The summed E-state index contributed by atoms with van der Waals surface area (Å²) in [4.78, 5) is 26.4. The summed E-state index contributed by atoms with van der Waals surface area (Å²) in [5.74, 6) is 0. The predicted molar refractivity (Wildman–Crippen MR) is 114 cm³/mol. The SMILES string of the molecule is COC(=O)N(C)C1(C)CN(C(=O)Nc2ccc(C(F)(F)F)cc2)N=C1c1ccc(Cl)cc1. The Labute approximate surface area is 187 Å². The highest BCUT2D eigenvalue weighted by Gasteiger charge is 2.46. The molecule has 0 radical (unpaired) electrons. The van der Waals surface area contributed by atoms with Crippen molar-refractivity contribution in [3.05, 3.63) is 64.7 Å². The minimum atomic E-state index is -4.48. The number of halogens is 4. The Bertz CT molecular complexity index is 1040. The smallest absolute Gasteiger partial charge is 0.416 e. The molecule has 170 valence electrons. The Morgan fingerprint density at radius 1 is 1.16 bits per heavy atom. The van der Waals surface area contributed by atoms with Crippen LogP contribution in [0.2, 0.25) is 5.02 Å². The van der Waals surface area contributed by atoms with Crippen LogP contribution in [0.5, 0.6) is 0 Å².